The molecule has 0 radical (unpaired) electrons. The predicted molar refractivity (Wildman–Crippen MR) is 136 cm³/mol. The largest absolute Gasteiger partial charge is 0.352 e. The Labute approximate surface area is 210 Å². The normalized spacial score (nSPS) is 15.7. The van der Waals surface area contributed by atoms with Gasteiger partial charge in [0.2, 0.25) is 5.91 Å². The van der Waals surface area contributed by atoms with Gasteiger partial charge >= 0.3 is 0 Å². The molecule has 3 aromatic rings. The Kier molecular flexibility index (Phi) is 6.95. The molecule has 8 heteroatoms. The Balaban J connectivity index is 1.18. The van der Waals surface area contributed by atoms with Crippen LogP contribution in [-0.2, 0) is 4.79 Å². The Bertz CT molecular complexity index is 1160. The molecule has 5 rings (SSSR count). The smallest absolute Gasteiger partial charge is 0.254 e. The van der Waals surface area contributed by atoms with Gasteiger partial charge in [-0.15, -0.1) is 10.2 Å². The van der Waals surface area contributed by atoms with Crippen molar-refractivity contribution in [1.82, 2.24) is 20.0 Å². The summed E-state index contributed by atoms with van der Waals surface area (Å²) in [6, 6.07) is 20.8. The molecule has 1 aliphatic heterocycles. The summed E-state index contributed by atoms with van der Waals surface area (Å²) in [4.78, 5) is 31.9. The van der Waals surface area contributed by atoms with E-state index in [1.807, 2.05) is 47.4 Å². The van der Waals surface area contributed by atoms with Gasteiger partial charge < -0.3 is 14.7 Å². The minimum atomic E-state index is -0.116. The molecule has 2 aliphatic rings. The van der Waals surface area contributed by atoms with Crippen LogP contribution in [0.15, 0.2) is 66.7 Å². The second kappa shape index (κ2) is 10.4. The van der Waals surface area contributed by atoms with E-state index in [1.165, 1.54) is 0 Å². The zero-order chi connectivity index (χ0) is 24.2. The molecule has 180 valence electrons. The minimum absolute atomic E-state index is 0.0156. The van der Waals surface area contributed by atoms with Crippen molar-refractivity contribution in [2.24, 2.45) is 5.92 Å². The zero-order valence-corrected chi connectivity index (χ0v) is 20.3. The molecular formula is C27H28ClN5O2. The third-order valence-corrected chi connectivity index (χ3v) is 6.81. The molecule has 2 amide bonds. The first kappa shape index (κ1) is 23.3. The van der Waals surface area contributed by atoms with Gasteiger partial charge in [-0.2, -0.15) is 0 Å². The second-order valence-electron chi connectivity index (χ2n) is 9.15. The fourth-order valence-electron chi connectivity index (χ4n) is 4.31. The van der Waals surface area contributed by atoms with Gasteiger partial charge in [-0.3, -0.25) is 9.59 Å². The van der Waals surface area contributed by atoms with Crippen LogP contribution in [0.5, 0.6) is 0 Å². The number of nitrogens with zero attached hydrogens (tertiary/aromatic N) is 5. The maximum absolute atomic E-state index is 13.1. The second-order valence-corrected chi connectivity index (χ2v) is 9.58. The first-order valence-corrected chi connectivity index (χ1v) is 12.4. The van der Waals surface area contributed by atoms with E-state index in [0.717, 1.165) is 29.9 Å². The SMILES string of the molecule is O=C(CN(CC1CC1)C(=O)c1ccc(Cl)cc1)N1CCN(c2ccc(-c3ccccc3)nn2)CC1. The van der Waals surface area contributed by atoms with Crippen molar-refractivity contribution < 1.29 is 9.59 Å². The fourth-order valence-corrected chi connectivity index (χ4v) is 4.44. The molecule has 1 aliphatic carbocycles. The van der Waals surface area contributed by atoms with Gasteiger partial charge in [-0.25, -0.2) is 0 Å². The Morgan fingerprint density at radius 3 is 2.23 bits per heavy atom. The summed E-state index contributed by atoms with van der Waals surface area (Å²) in [5.41, 5.74) is 2.43. The van der Waals surface area contributed by atoms with E-state index in [0.29, 0.717) is 49.2 Å². The number of amides is 2. The molecule has 0 bridgehead atoms. The summed E-state index contributed by atoms with van der Waals surface area (Å²) in [5, 5.41) is 9.38. The highest BCUT2D eigenvalue weighted by Gasteiger charge is 2.30. The number of hydrogen-bond donors (Lipinski definition) is 0. The summed E-state index contributed by atoms with van der Waals surface area (Å²) in [7, 11) is 0. The van der Waals surface area contributed by atoms with E-state index in [4.69, 9.17) is 11.6 Å². The number of aromatic nitrogens is 2. The average molecular weight is 490 g/mol. The molecule has 1 aromatic heterocycles. The van der Waals surface area contributed by atoms with Gasteiger partial charge in [-0.1, -0.05) is 41.9 Å². The van der Waals surface area contributed by atoms with E-state index >= 15 is 0 Å². The highest BCUT2D eigenvalue weighted by atomic mass is 35.5. The van der Waals surface area contributed by atoms with E-state index < -0.39 is 0 Å². The third-order valence-electron chi connectivity index (χ3n) is 6.56. The average Bonchev–Trinajstić information content (AvgIpc) is 3.73. The summed E-state index contributed by atoms with van der Waals surface area (Å²) in [5.74, 6) is 1.17. The Morgan fingerprint density at radius 2 is 1.60 bits per heavy atom. The van der Waals surface area contributed by atoms with Crippen LogP contribution in [0.1, 0.15) is 23.2 Å². The summed E-state index contributed by atoms with van der Waals surface area (Å²) >= 11 is 5.97. The maximum atomic E-state index is 13.1. The highest BCUT2D eigenvalue weighted by Crippen LogP contribution is 2.30. The van der Waals surface area contributed by atoms with E-state index in [-0.39, 0.29) is 18.4 Å². The topological polar surface area (TPSA) is 69.6 Å². The van der Waals surface area contributed by atoms with Crippen molar-refractivity contribution in [2.75, 3.05) is 44.2 Å². The lowest BCUT2D eigenvalue weighted by Crippen LogP contribution is -2.52. The first-order chi connectivity index (χ1) is 17.1. The van der Waals surface area contributed by atoms with E-state index in [2.05, 4.69) is 15.1 Å². The van der Waals surface area contributed by atoms with Crippen molar-refractivity contribution in [3.63, 3.8) is 0 Å². The molecule has 7 nitrogen and oxygen atoms in total. The molecule has 2 aromatic carbocycles. The molecule has 1 saturated heterocycles. The molecule has 2 fully saturated rings. The molecule has 0 unspecified atom stereocenters. The van der Waals surface area contributed by atoms with Crippen molar-refractivity contribution in [1.29, 1.82) is 0 Å². The van der Waals surface area contributed by atoms with Gasteiger partial charge in [-0.05, 0) is 55.2 Å². The molecule has 0 spiro atoms. The first-order valence-electron chi connectivity index (χ1n) is 12.0. The number of halogens is 1. The Hall–Kier alpha value is -3.45. The number of hydrogen-bond acceptors (Lipinski definition) is 5. The monoisotopic (exact) mass is 489 g/mol. The highest BCUT2D eigenvalue weighted by molar-refractivity contribution is 6.30. The molecule has 0 atom stereocenters. The van der Waals surface area contributed by atoms with Crippen molar-refractivity contribution >= 4 is 29.2 Å². The standard InChI is InChI=1S/C27H28ClN5O2/c28-23-10-8-22(9-11-23)27(35)33(18-20-6-7-20)19-26(34)32-16-14-31(15-17-32)25-13-12-24(29-30-25)21-4-2-1-3-5-21/h1-5,8-13,20H,6-7,14-19H2. The summed E-state index contributed by atoms with van der Waals surface area (Å²) in [6.07, 6.45) is 2.22. The van der Waals surface area contributed by atoms with Crippen LogP contribution in [0, 0.1) is 5.92 Å². The quantitative estimate of drug-likeness (QED) is 0.501. The molecular weight excluding hydrogens is 462 g/mol. The van der Waals surface area contributed by atoms with Crippen LogP contribution in [0.3, 0.4) is 0 Å². The van der Waals surface area contributed by atoms with E-state index in [9.17, 15) is 9.59 Å². The number of carbonyl (C=O) groups excluding carboxylic acids is 2. The van der Waals surface area contributed by atoms with E-state index in [1.54, 1.807) is 29.2 Å². The van der Waals surface area contributed by atoms with Crippen LogP contribution in [0.25, 0.3) is 11.3 Å². The van der Waals surface area contributed by atoms with Gasteiger partial charge in [0.15, 0.2) is 5.82 Å². The van der Waals surface area contributed by atoms with Crippen LogP contribution in [0.2, 0.25) is 5.02 Å². The van der Waals surface area contributed by atoms with Gasteiger partial charge in [0, 0.05) is 48.9 Å². The van der Waals surface area contributed by atoms with Gasteiger partial charge in [0.25, 0.3) is 5.91 Å². The van der Waals surface area contributed by atoms with Gasteiger partial charge in [0.1, 0.15) is 6.54 Å². The number of benzene rings is 2. The molecule has 0 N–H and O–H groups in total. The number of carbonyl (C=O) groups is 2. The lowest BCUT2D eigenvalue weighted by molar-refractivity contribution is -0.132. The molecule has 35 heavy (non-hydrogen) atoms. The number of piperazine rings is 1. The number of anilines is 1. The lowest BCUT2D eigenvalue weighted by Gasteiger charge is -2.36. The maximum Gasteiger partial charge on any atom is 0.254 e. The van der Waals surface area contributed by atoms with Gasteiger partial charge in [0.05, 0.1) is 5.69 Å². The Morgan fingerprint density at radius 1 is 0.886 bits per heavy atom. The van der Waals surface area contributed by atoms with Crippen LogP contribution < -0.4 is 4.90 Å². The summed E-state index contributed by atoms with van der Waals surface area (Å²) in [6.45, 7) is 3.26. The predicted octanol–water partition coefficient (Wildman–Crippen LogP) is 4.00. The van der Waals surface area contributed by atoms with Crippen LogP contribution in [0.4, 0.5) is 5.82 Å². The lowest BCUT2D eigenvalue weighted by atomic mass is 10.1. The van der Waals surface area contributed by atoms with Crippen molar-refractivity contribution in [3.05, 3.63) is 77.3 Å². The molecule has 1 saturated carbocycles. The zero-order valence-electron chi connectivity index (χ0n) is 19.5. The fraction of sp³-hybridized carbons (Fsp3) is 0.333. The van der Waals surface area contributed by atoms with Crippen molar-refractivity contribution in [3.8, 4) is 11.3 Å². The van der Waals surface area contributed by atoms with Crippen LogP contribution in [-0.4, -0.2) is 71.1 Å². The molecule has 2 heterocycles. The number of rotatable bonds is 7. The van der Waals surface area contributed by atoms with Crippen LogP contribution >= 0.6 is 11.6 Å². The minimum Gasteiger partial charge on any atom is -0.352 e. The summed E-state index contributed by atoms with van der Waals surface area (Å²) < 4.78 is 0. The third kappa shape index (κ3) is 5.80. The van der Waals surface area contributed by atoms with Crippen molar-refractivity contribution in [2.45, 2.75) is 12.8 Å².